The third kappa shape index (κ3) is 2.95. The summed E-state index contributed by atoms with van der Waals surface area (Å²) in [6.45, 7) is 0. The van der Waals surface area contributed by atoms with Gasteiger partial charge in [-0.2, -0.15) is 0 Å². The summed E-state index contributed by atoms with van der Waals surface area (Å²) in [5, 5.41) is 3.54. The quantitative estimate of drug-likeness (QED) is 0.247. The number of hydrogen-bond acceptors (Lipinski definition) is 3. The minimum atomic E-state index is -2.14. The summed E-state index contributed by atoms with van der Waals surface area (Å²) < 4.78 is 0. The molecule has 0 saturated heterocycles. The largest absolute Gasteiger partial charge is 0.291 e. The van der Waals surface area contributed by atoms with Gasteiger partial charge in [-0.3, -0.25) is 14.5 Å². The molecule has 0 N–H and O–H groups in total. The predicted molar refractivity (Wildman–Crippen MR) is 115 cm³/mol. The molecule has 0 aromatic heterocycles. The van der Waals surface area contributed by atoms with E-state index in [9.17, 15) is 15.1 Å². The highest BCUT2D eigenvalue weighted by Crippen LogP contribution is 2.44. The maximum atomic E-state index is 13.9. The molecule has 1 atom stereocenters. The second kappa shape index (κ2) is 7.87. The second-order valence-corrected chi connectivity index (χ2v) is 6.98. The van der Waals surface area contributed by atoms with Crippen molar-refractivity contribution in [3.05, 3.63) is 118 Å². The van der Waals surface area contributed by atoms with Crippen LogP contribution in [-0.4, -0.2) is 11.7 Å². The van der Waals surface area contributed by atoms with E-state index in [1.165, 1.54) is 4.90 Å². The van der Waals surface area contributed by atoms with E-state index in [0.717, 1.165) is 0 Å². The Morgan fingerprint density at radius 1 is 0.833 bits per heavy atom. The van der Waals surface area contributed by atoms with Crippen LogP contribution in [0.25, 0.3) is 16.1 Å². The third-order valence-corrected chi connectivity index (χ3v) is 5.27. The Balaban J connectivity index is 2.07. The minimum absolute atomic E-state index is 0.180. The zero-order chi connectivity index (χ0) is 21.1. The van der Waals surface area contributed by atoms with E-state index in [-0.39, 0.29) is 16.3 Å². The number of halogens is 1. The number of anilines is 1. The van der Waals surface area contributed by atoms with E-state index in [4.69, 9.17) is 11.6 Å². The summed E-state index contributed by atoms with van der Waals surface area (Å²) in [4.78, 5) is 31.6. The average molecular weight is 415 g/mol. The monoisotopic (exact) mass is 414 g/mol. The van der Waals surface area contributed by atoms with Gasteiger partial charge in [0.15, 0.2) is 0 Å². The van der Waals surface area contributed by atoms with Crippen LogP contribution < -0.4 is 4.90 Å². The number of ketones is 1. The number of amides is 1. The van der Waals surface area contributed by atoms with Gasteiger partial charge < -0.3 is 0 Å². The Morgan fingerprint density at radius 3 is 1.93 bits per heavy atom. The van der Waals surface area contributed by atoms with Gasteiger partial charge in [0.1, 0.15) is 5.03 Å². The van der Waals surface area contributed by atoms with Crippen LogP contribution in [0.5, 0.6) is 0 Å². The number of azide groups is 1. The highest BCUT2D eigenvalue weighted by atomic mass is 35.5. The van der Waals surface area contributed by atoms with Crippen molar-refractivity contribution in [1.82, 2.24) is 0 Å². The summed E-state index contributed by atoms with van der Waals surface area (Å²) >= 11 is 6.60. The van der Waals surface area contributed by atoms with E-state index in [1.807, 2.05) is 12.1 Å². The molecule has 0 spiro atoms. The molecule has 3 aromatic rings. The number of carbonyl (C=O) groups is 2. The fourth-order valence-corrected chi connectivity index (χ4v) is 3.88. The van der Waals surface area contributed by atoms with E-state index in [2.05, 4.69) is 10.0 Å². The van der Waals surface area contributed by atoms with Gasteiger partial charge in [-0.1, -0.05) is 95.6 Å². The molecular formula is C23H15ClN4O2. The van der Waals surface area contributed by atoms with Crippen LogP contribution in [0.4, 0.5) is 5.69 Å². The number of Topliss-reactive ketones (excluding diaryl/α,β-unsaturated/α-hetero) is 1. The van der Waals surface area contributed by atoms with Crippen LogP contribution in [0.1, 0.15) is 11.1 Å². The van der Waals surface area contributed by atoms with Gasteiger partial charge >= 0.3 is 0 Å². The van der Waals surface area contributed by atoms with Gasteiger partial charge in [-0.15, -0.1) is 0 Å². The van der Waals surface area contributed by atoms with E-state index in [1.54, 1.807) is 78.9 Å². The molecule has 0 aliphatic carbocycles. The number of carbonyl (C=O) groups excluding carboxylic acids is 2. The Kier molecular flexibility index (Phi) is 5.11. The highest BCUT2D eigenvalue weighted by Gasteiger charge is 2.55. The molecule has 0 radical (unpaired) electrons. The minimum Gasteiger partial charge on any atom is -0.291 e. The zero-order valence-corrected chi connectivity index (χ0v) is 16.4. The molecule has 0 fully saturated rings. The van der Waals surface area contributed by atoms with Gasteiger partial charge in [0.05, 0.1) is 5.70 Å². The summed E-state index contributed by atoms with van der Waals surface area (Å²) in [5.41, 5.74) is 8.74. The van der Waals surface area contributed by atoms with Gasteiger partial charge in [0.25, 0.3) is 5.91 Å². The van der Waals surface area contributed by atoms with Crippen molar-refractivity contribution < 1.29 is 9.59 Å². The first-order valence-corrected chi connectivity index (χ1v) is 9.50. The molecule has 1 unspecified atom stereocenters. The zero-order valence-electron chi connectivity index (χ0n) is 15.6. The molecule has 1 heterocycles. The number of rotatable bonds is 4. The van der Waals surface area contributed by atoms with Crippen LogP contribution >= 0.6 is 11.6 Å². The normalized spacial score (nSPS) is 18.9. The fourth-order valence-electron chi connectivity index (χ4n) is 3.55. The molecule has 4 rings (SSSR count). The molecule has 7 heteroatoms. The number of nitrogens with zero attached hydrogens (tertiary/aromatic N) is 4. The number of benzene rings is 3. The molecule has 1 aliphatic heterocycles. The number of para-hydroxylation sites is 1. The Bertz CT molecular complexity index is 1190. The van der Waals surface area contributed by atoms with Crippen molar-refractivity contribution in [3.63, 3.8) is 0 Å². The van der Waals surface area contributed by atoms with Gasteiger partial charge in [0, 0.05) is 16.2 Å². The van der Waals surface area contributed by atoms with Crippen LogP contribution in [0.15, 0.2) is 101 Å². The fraction of sp³-hybridized carbons (Fsp3) is 0.0435. The lowest BCUT2D eigenvalue weighted by Crippen LogP contribution is -2.54. The molecule has 1 amide bonds. The lowest BCUT2D eigenvalue weighted by atomic mass is 9.81. The summed E-state index contributed by atoms with van der Waals surface area (Å²) in [6, 6.07) is 26.0. The van der Waals surface area contributed by atoms with Crippen molar-refractivity contribution in [1.29, 1.82) is 0 Å². The third-order valence-electron chi connectivity index (χ3n) is 4.92. The maximum Gasteiger partial charge on any atom is 0.256 e. The molecule has 6 nitrogen and oxygen atoms in total. The first kappa shape index (κ1) is 19.5. The Labute approximate surface area is 177 Å². The smallest absolute Gasteiger partial charge is 0.256 e. The molecule has 146 valence electrons. The van der Waals surface area contributed by atoms with E-state index < -0.39 is 17.2 Å². The summed E-state index contributed by atoms with van der Waals surface area (Å²) in [5.74, 6) is -1.45. The summed E-state index contributed by atoms with van der Waals surface area (Å²) in [6.07, 6.45) is 0. The molecule has 1 aliphatic rings. The predicted octanol–water partition coefficient (Wildman–Crippen LogP) is 5.42. The van der Waals surface area contributed by atoms with Crippen molar-refractivity contribution in [2.75, 3.05) is 4.90 Å². The van der Waals surface area contributed by atoms with Gasteiger partial charge in [-0.25, -0.2) is 0 Å². The molecule has 0 bridgehead atoms. The van der Waals surface area contributed by atoms with Crippen molar-refractivity contribution >= 4 is 34.7 Å². The topological polar surface area (TPSA) is 86.1 Å². The van der Waals surface area contributed by atoms with Crippen molar-refractivity contribution in [2.45, 2.75) is 5.54 Å². The molecule has 0 saturated carbocycles. The van der Waals surface area contributed by atoms with Crippen molar-refractivity contribution in [3.8, 4) is 0 Å². The average Bonchev–Trinajstić information content (AvgIpc) is 2.80. The summed E-state index contributed by atoms with van der Waals surface area (Å²) in [7, 11) is 0. The number of hydrogen-bond donors (Lipinski definition) is 0. The van der Waals surface area contributed by atoms with Crippen LogP contribution in [0.3, 0.4) is 0 Å². The van der Waals surface area contributed by atoms with Gasteiger partial charge in [-0.05, 0) is 23.2 Å². The van der Waals surface area contributed by atoms with Gasteiger partial charge in [0.2, 0.25) is 11.3 Å². The first-order valence-electron chi connectivity index (χ1n) is 9.12. The van der Waals surface area contributed by atoms with Crippen molar-refractivity contribution in [2.24, 2.45) is 5.11 Å². The van der Waals surface area contributed by atoms with Crippen LogP contribution in [0.2, 0.25) is 0 Å². The van der Waals surface area contributed by atoms with E-state index in [0.29, 0.717) is 11.3 Å². The Hall–Kier alpha value is -3.86. The standard InChI is InChI=1S/C23H15ClN4O2/c24-19-20(16-10-4-1-5-11-16)28(18-14-8-3-9-15-18)22(30)23(21(19)29,26-27-25)17-12-6-2-7-13-17/h1-15H. The maximum absolute atomic E-state index is 13.9. The second-order valence-electron chi connectivity index (χ2n) is 6.60. The molecular weight excluding hydrogens is 400 g/mol. The lowest BCUT2D eigenvalue weighted by molar-refractivity contribution is -0.132. The molecule has 3 aromatic carbocycles. The first-order chi connectivity index (χ1) is 14.6. The highest BCUT2D eigenvalue weighted by molar-refractivity contribution is 6.52. The van der Waals surface area contributed by atoms with Crippen LogP contribution in [-0.2, 0) is 15.1 Å². The Morgan fingerprint density at radius 2 is 1.37 bits per heavy atom. The van der Waals surface area contributed by atoms with Crippen LogP contribution in [0, 0.1) is 0 Å². The SMILES string of the molecule is [N-]=[N+]=NC1(c2ccccc2)C(=O)C(Cl)=C(c2ccccc2)N(c2ccccc2)C1=O. The molecule has 30 heavy (non-hydrogen) atoms. The van der Waals surface area contributed by atoms with E-state index >= 15 is 0 Å². The lowest BCUT2D eigenvalue weighted by Gasteiger charge is -2.39.